The lowest BCUT2D eigenvalue weighted by Gasteiger charge is -2.15. The van der Waals surface area contributed by atoms with Gasteiger partial charge in [0.1, 0.15) is 0 Å². The third-order valence-corrected chi connectivity index (χ3v) is 2.97. The molecule has 0 unspecified atom stereocenters. The Morgan fingerprint density at radius 1 is 0.682 bits per heavy atom. The Balaban J connectivity index is 2.70. The lowest BCUT2D eigenvalue weighted by Crippen LogP contribution is -2.11. The van der Waals surface area contributed by atoms with Gasteiger partial charge in [0, 0.05) is 16.9 Å². The maximum absolute atomic E-state index is 12.8. The van der Waals surface area contributed by atoms with E-state index in [1.54, 1.807) is 0 Å². The smallest absolute Gasteiger partial charge is 0.399 e. The van der Waals surface area contributed by atoms with Crippen molar-refractivity contribution in [1.82, 2.24) is 0 Å². The molecule has 2 rings (SSSR count). The molecule has 22 heavy (non-hydrogen) atoms. The maximum Gasteiger partial charge on any atom is 0.416 e. The summed E-state index contributed by atoms with van der Waals surface area (Å²) >= 11 is 0. The van der Waals surface area contributed by atoms with E-state index in [0.717, 1.165) is 0 Å². The molecule has 0 aliphatic carbocycles. The molecule has 0 atom stereocenters. The van der Waals surface area contributed by atoms with Gasteiger partial charge in [-0.1, -0.05) is 6.07 Å². The zero-order valence-corrected chi connectivity index (χ0v) is 10.9. The van der Waals surface area contributed by atoms with E-state index in [4.69, 9.17) is 11.5 Å². The fraction of sp³-hybridized carbons (Fsp3) is 0.143. The molecule has 0 spiro atoms. The van der Waals surface area contributed by atoms with Gasteiger partial charge in [-0.05, 0) is 35.9 Å². The summed E-state index contributed by atoms with van der Waals surface area (Å²) in [6, 6.07) is 5.20. The summed E-state index contributed by atoms with van der Waals surface area (Å²) in [7, 11) is 0. The van der Waals surface area contributed by atoms with Gasteiger partial charge in [0.15, 0.2) is 0 Å². The minimum Gasteiger partial charge on any atom is -0.399 e. The van der Waals surface area contributed by atoms with Crippen molar-refractivity contribution in [2.75, 3.05) is 11.5 Å². The molecule has 0 aliphatic heterocycles. The molecule has 0 amide bonds. The van der Waals surface area contributed by atoms with E-state index < -0.39 is 23.5 Å². The third-order valence-electron chi connectivity index (χ3n) is 2.97. The number of nitrogens with two attached hydrogens (primary N) is 2. The Hall–Kier alpha value is -2.38. The van der Waals surface area contributed by atoms with Crippen LogP contribution in [0.15, 0.2) is 36.4 Å². The van der Waals surface area contributed by atoms with Crippen molar-refractivity contribution in [3.8, 4) is 11.1 Å². The average Bonchev–Trinajstić information content (AvgIpc) is 2.36. The molecule has 0 fully saturated rings. The van der Waals surface area contributed by atoms with Gasteiger partial charge >= 0.3 is 12.4 Å². The molecule has 8 heteroatoms. The zero-order valence-electron chi connectivity index (χ0n) is 10.9. The highest BCUT2D eigenvalue weighted by molar-refractivity contribution is 5.79. The second-order valence-corrected chi connectivity index (χ2v) is 4.64. The summed E-state index contributed by atoms with van der Waals surface area (Å²) in [5.41, 5.74) is 8.32. The molecule has 0 bridgehead atoms. The summed E-state index contributed by atoms with van der Waals surface area (Å²) in [4.78, 5) is 0. The van der Waals surface area contributed by atoms with Gasteiger partial charge in [-0.3, -0.25) is 0 Å². The Morgan fingerprint density at radius 3 is 1.59 bits per heavy atom. The number of hydrogen-bond acceptors (Lipinski definition) is 2. The average molecular weight is 320 g/mol. The Morgan fingerprint density at radius 2 is 1.18 bits per heavy atom. The Labute approximate surface area is 121 Å². The van der Waals surface area contributed by atoms with E-state index in [0.29, 0.717) is 12.1 Å². The summed E-state index contributed by atoms with van der Waals surface area (Å²) in [6.07, 6.45) is -9.81. The van der Waals surface area contributed by atoms with Crippen LogP contribution < -0.4 is 11.5 Å². The van der Waals surface area contributed by atoms with E-state index in [1.165, 1.54) is 18.2 Å². The molecule has 2 aromatic rings. The van der Waals surface area contributed by atoms with Crippen molar-refractivity contribution in [3.05, 3.63) is 47.5 Å². The predicted molar refractivity (Wildman–Crippen MR) is 70.7 cm³/mol. The highest BCUT2D eigenvalue weighted by Crippen LogP contribution is 2.39. The van der Waals surface area contributed by atoms with Gasteiger partial charge in [0.25, 0.3) is 0 Å². The van der Waals surface area contributed by atoms with Crippen LogP contribution >= 0.6 is 0 Å². The molecule has 4 N–H and O–H groups in total. The lowest BCUT2D eigenvalue weighted by molar-refractivity contribution is -0.143. The number of nitrogen functional groups attached to an aromatic ring is 2. The summed E-state index contributed by atoms with van der Waals surface area (Å²) < 4.78 is 76.8. The van der Waals surface area contributed by atoms with Crippen LogP contribution in [-0.2, 0) is 12.4 Å². The number of hydrogen-bond donors (Lipinski definition) is 2. The standard InChI is InChI=1S/C14H10F6N2/c15-13(16,17)8-3-7(4-9(5-8)14(18,19)20)11-2-1-10(21)6-12(11)22/h1-6H,21-22H2. The summed E-state index contributed by atoms with van der Waals surface area (Å²) in [5.74, 6) is 0. The van der Waals surface area contributed by atoms with Crippen LogP contribution in [0.5, 0.6) is 0 Å². The second kappa shape index (κ2) is 5.11. The van der Waals surface area contributed by atoms with E-state index in [-0.39, 0.29) is 28.6 Å². The van der Waals surface area contributed by atoms with Gasteiger partial charge in [-0.15, -0.1) is 0 Å². The molecule has 118 valence electrons. The van der Waals surface area contributed by atoms with Crippen LogP contribution in [-0.4, -0.2) is 0 Å². The van der Waals surface area contributed by atoms with Crippen molar-refractivity contribution in [2.45, 2.75) is 12.4 Å². The normalized spacial score (nSPS) is 12.5. The van der Waals surface area contributed by atoms with E-state index in [2.05, 4.69) is 0 Å². The summed E-state index contributed by atoms with van der Waals surface area (Å²) in [5, 5.41) is 0. The van der Waals surface area contributed by atoms with Crippen molar-refractivity contribution in [2.24, 2.45) is 0 Å². The Bertz CT molecular complexity index is 671. The van der Waals surface area contributed by atoms with E-state index >= 15 is 0 Å². The van der Waals surface area contributed by atoms with E-state index in [1.807, 2.05) is 0 Å². The fourth-order valence-corrected chi connectivity index (χ4v) is 1.95. The quantitative estimate of drug-likeness (QED) is 0.598. The first-order chi connectivity index (χ1) is 9.98. The van der Waals surface area contributed by atoms with Crippen LogP contribution in [0.3, 0.4) is 0 Å². The van der Waals surface area contributed by atoms with Crippen LogP contribution in [0.4, 0.5) is 37.7 Å². The largest absolute Gasteiger partial charge is 0.416 e. The molecule has 0 saturated heterocycles. The molecule has 0 radical (unpaired) electrons. The lowest BCUT2D eigenvalue weighted by atomic mass is 9.97. The first-order valence-corrected chi connectivity index (χ1v) is 5.93. The number of alkyl halides is 6. The molecular weight excluding hydrogens is 310 g/mol. The maximum atomic E-state index is 12.8. The molecule has 2 nitrogen and oxygen atoms in total. The molecular formula is C14H10F6N2. The second-order valence-electron chi connectivity index (χ2n) is 4.64. The van der Waals surface area contributed by atoms with Crippen molar-refractivity contribution in [1.29, 1.82) is 0 Å². The van der Waals surface area contributed by atoms with Gasteiger partial charge in [-0.25, -0.2) is 0 Å². The van der Waals surface area contributed by atoms with Gasteiger partial charge in [0.2, 0.25) is 0 Å². The molecule has 0 aromatic heterocycles. The number of anilines is 2. The van der Waals surface area contributed by atoms with Crippen LogP contribution in [0.2, 0.25) is 0 Å². The topological polar surface area (TPSA) is 52.0 Å². The highest BCUT2D eigenvalue weighted by atomic mass is 19.4. The number of benzene rings is 2. The summed E-state index contributed by atoms with van der Waals surface area (Å²) in [6.45, 7) is 0. The number of halogens is 6. The number of rotatable bonds is 1. The first kappa shape index (κ1) is 16.0. The zero-order chi connectivity index (χ0) is 16.7. The van der Waals surface area contributed by atoms with Crippen molar-refractivity contribution in [3.63, 3.8) is 0 Å². The minimum absolute atomic E-state index is 0.00699. The monoisotopic (exact) mass is 320 g/mol. The van der Waals surface area contributed by atoms with E-state index in [9.17, 15) is 26.3 Å². The van der Waals surface area contributed by atoms with Crippen LogP contribution in [0.1, 0.15) is 11.1 Å². The van der Waals surface area contributed by atoms with Crippen LogP contribution in [0, 0.1) is 0 Å². The third kappa shape index (κ3) is 3.26. The fourth-order valence-electron chi connectivity index (χ4n) is 1.95. The SMILES string of the molecule is Nc1ccc(-c2cc(C(F)(F)F)cc(C(F)(F)F)c2)c(N)c1. The Kier molecular flexibility index (Phi) is 3.72. The molecule has 2 aromatic carbocycles. The van der Waals surface area contributed by atoms with Crippen LogP contribution in [0.25, 0.3) is 11.1 Å². The van der Waals surface area contributed by atoms with Crippen molar-refractivity contribution >= 4 is 11.4 Å². The van der Waals surface area contributed by atoms with Crippen molar-refractivity contribution < 1.29 is 26.3 Å². The van der Waals surface area contributed by atoms with Gasteiger partial charge < -0.3 is 11.5 Å². The highest BCUT2D eigenvalue weighted by Gasteiger charge is 2.37. The van der Waals surface area contributed by atoms with Gasteiger partial charge in [0.05, 0.1) is 11.1 Å². The molecule has 0 heterocycles. The van der Waals surface area contributed by atoms with Gasteiger partial charge in [-0.2, -0.15) is 26.3 Å². The predicted octanol–water partition coefficient (Wildman–Crippen LogP) is 4.56. The molecule has 0 saturated carbocycles. The first-order valence-electron chi connectivity index (χ1n) is 5.93. The minimum atomic E-state index is -4.90. The molecule has 0 aliphatic rings.